The minimum atomic E-state index is -2.73. The van der Waals surface area contributed by atoms with Crippen molar-refractivity contribution in [3.05, 3.63) is 112 Å². The zero-order valence-electron chi connectivity index (χ0n) is 39.2. The Hall–Kier alpha value is -7.03. The minimum absolute atomic E-state index is 0.0182. The molecule has 3 aromatic heterocycles. The number of fused-ring (bicyclic) bond motifs is 4. The first-order chi connectivity index (χ1) is 33.7. The number of piperidine rings is 1. The van der Waals surface area contributed by atoms with E-state index >= 15 is 8.78 Å². The van der Waals surface area contributed by atoms with E-state index in [0.29, 0.717) is 79.3 Å². The number of likely N-dealkylation sites (N-methyl/N-ethyl adjacent to an activating group) is 1. The summed E-state index contributed by atoms with van der Waals surface area (Å²) in [6.07, 6.45) is 9.13. The molecule has 20 heteroatoms. The maximum Gasteiger partial charge on any atom is 0.264 e. The molecule has 70 heavy (non-hydrogen) atoms. The van der Waals surface area contributed by atoms with E-state index in [1.165, 1.54) is 0 Å². The van der Waals surface area contributed by atoms with Gasteiger partial charge in [-0.25, -0.2) is 19.6 Å². The quantitative estimate of drug-likeness (QED) is 0.107. The zero-order chi connectivity index (χ0) is 49.0. The van der Waals surface area contributed by atoms with Gasteiger partial charge in [0.25, 0.3) is 18.2 Å². The maximum atomic E-state index is 15.3. The number of imide groups is 2. The van der Waals surface area contributed by atoms with Crippen molar-refractivity contribution < 1.29 is 37.5 Å². The number of ether oxygens (including phenoxy) is 1. The minimum Gasteiger partial charge on any atom is -0.401 e. The van der Waals surface area contributed by atoms with Gasteiger partial charge in [0, 0.05) is 119 Å². The number of allylic oxidation sites excluding steroid dienone is 1. The van der Waals surface area contributed by atoms with Crippen LogP contribution in [0.1, 0.15) is 100 Å². The molecular formula is C50H56F2N12O6. The summed E-state index contributed by atoms with van der Waals surface area (Å²) in [7, 11) is 2.04. The van der Waals surface area contributed by atoms with Crippen molar-refractivity contribution in [2.75, 3.05) is 51.3 Å². The van der Waals surface area contributed by atoms with E-state index in [1.807, 2.05) is 40.9 Å². The number of likely N-dealkylation sites (tertiary alicyclic amines) is 1. The Morgan fingerprint density at radius 2 is 1.71 bits per heavy atom. The Labute approximate surface area is 402 Å². The first kappa shape index (κ1) is 46.7. The summed E-state index contributed by atoms with van der Waals surface area (Å²) in [5.41, 5.74) is 14.1. The van der Waals surface area contributed by atoms with Gasteiger partial charge >= 0.3 is 0 Å². The van der Waals surface area contributed by atoms with E-state index in [1.54, 1.807) is 54.7 Å². The molecule has 6 aliphatic rings. The highest BCUT2D eigenvalue weighted by Gasteiger charge is 2.44. The smallest absolute Gasteiger partial charge is 0.264 e. The molecule has 11 rings (SSSR count). The van der Waals surface area contributed by atoms with Crippen LogP contribution in [0, 0.1) is 0 Å². The highest BCUT2D eigenvalue weighted by Crippen LogP contribution is 2.45. The summed E-state index contributed by atoms with van der Waals surface area (Å²) in [6.45, 7) is 6.39. The monoisotopic (exact) mass is 958 g/mol. The van der Waals surface area contributed by atoms with Crippen molar-refractivity contribution in [2.24, 2.45) is 11.6 Å². The second kappa shape index (κ2) is 19.0. The van der Waals surface area contributed by atoms with Crippen molar-refractivity contribution >= 4 is 46.7 Å². The van der Waals surface area contributed by atoms with Crippen molar-refractivity contribution in [3.8, 4) is 11.1 Å². The van der Waals surface area contributed by atoms with Crippen LogP contribution < -0.4 is 21.8 Å². The SMILES string of the molecule is CC(=O)N1CCc2c(c(N3CCCc4cc(-c5cc6nccn6cc5C/C(N)=C/N(N)C5CN(C)C5)c(C(F)F)cc43)nn2C2CCOCC2)C1.O=C1CCC(N2C(=O)c3ccccc3C2=O)C(=O)N1. The lowest BCUT2D eigenvalue weighted by molar-refractivity contribution is -0.136. The molecule has 1 atom stereocenters. The van der Waals surface area contributed by atoms with Crippen LogP contribution in [0.25, 0.3) is 16.8 Å². The van der Waals surface area contributed by atoms with Crippen LogP contribution in [-0.2, 0) is 44.9 Å². The van der Waals surface area contributed by atoms with E-state index in [0.717, 1.165) is 77.6 Å². The second-order valence-corrected chi connectivity index (χ2v) is 19.0. The lowest BCUT2D eigenvalue weighted by Gasteiger charge is -2.41. The lowest BCUT2D eigenvalue weighted by Crippen LogP contribution is -2.58. The molecular weight excluding hydrogens is 903 g/mol. The van der Waals surface area contributed by atoms with Gasteiger partial charge in [0.2, 0.25) is 17.7 Å². The predicted octanol–water partition coefficient (Wildman–Crippen LogP) is 4.40. The third-order valence-electron chi connectivity index (χ3n) is 14.3. The van der Waals surface area contributed by atoms with Crippen LogP contribution in [0.2, 0.25) is 0 Å². The number of aromatic nitrogens is 4. The summed E-state index contributed by atoms with van der Waals surface area (Å²) < 4.78 is 40.2. The molecule has 5 aromatic rings. The predicted molar refractivity (Wildman–Crippen MR) is 253 cm³/mol. The number of alkyl halides is 2. The van der Waals surface area contributed by atoms with E-state index in [9.17, 15) is 24.0 Å². The fraction of sp³-hybridized carbons (Fsp3) is 0.420. The number of nitrogens with zero attached hydrogens (tertiary/aromatic N) is 9. The fourth-order valence-electron chi connectivity index (χ4n) is 10.7. The van der Waals surface area contributed by atoms with Gasteiger partial charge in [-0.15, -0.1) is 0 Å². The number of aryl methyl sites for hydroxylation is 1. The van der Waals surface area contributed by atoms with Crippen LogP contribution >= 0.6 is 0 Å². The number of rotatable bonds is 9. The van der Waals surface area contributed by atoms with Gasteiger partial charge in [-0.1, -0.05) is 12.1 Å². The molecule has 0 radical (unpaired) electrons. The number of carbonyl (C=O) groups excluding carboxylic acids is 5. The van der Waals surface area contributed by atoms with Gasteiger partial charge in [0.05, 0.1) is 29.8 Å². The molecule has 5 amide bonds. The van der Waals surface area contributed by atoms with Gasteiger partial charge in [-0.05, 0) is 91.7 Å². The normalized spacial score (nSPS) is 20.0. The lowest BCUT2D eigenvalue weighted by atomic mass is 9.89. The van der Waals surface area contributed by atoms with Crippen LogP contribution in [-0.4, -0.2) is 127 Å². The molecule has 1 unspecified atom stereocenters. The Bertz CT molecular complexity index is 2900. The largest absolute Gasteiger partial charge is 0.401 e. The molecule has 0 spiro atoms. The van der Waals surface area contributed by atoms with Gasteiger partial charge in [-0.3, -0.25) is 38.9 Å². The first-order valence-corrected chi connectivity index (χ1v) is 23.8. The average molecular weight is 959 g/mol. The first-order valence-electron chi connectivity index (χ1n) is 23.8. The number of anilines is 2. The number of hydrogen-bond acceptors (Lipinski definition) is 13. The average Bonchev–Trinajstić information content (AvgIpc) is 4.03. The number of halogens is 2. The van der Waals surface area contributed by atoms with Crippen LogP contribution in [0.4, 0.5) is 20.3 Å². The van der Waals surface area contributed by atoms with Gasteiger partial charge in [0.15, 0.2) is 5.82 Å². The molecule has 6 aliphatic heterocycles. The Morgan fingerprint density at radius 3 is 2.40 bits per heavy atom. The number of nitrogens with one attached hydrogen (secondary N) is 1. The van der Waals surface area contributed by atoms with E-state index in [-0.39, 0.29) is 42.3 Å². The zero-order valence-corrected chi connectivity index (χ0v) is 39.2. The molecule has 366 valence electrons. The van der Waals surface area contributed by atoms with E-state index in [2.05, 4.69) is 24.8 Å². The summed E-state index contributed by atoms with van der Waals surface area (Å²) >= 11 is 0. The van der Waals surface area contributed by atoms with Gasteiger partial charge in [0.1, 0.15) is 11.7 Å². The number of hydrogen-bond donors (Lipinski definition) is 3. The molecule has 18 nitrogen and oxygen atoms in total. The third-order valence-corrected chi connectivity index (χ3v) is 14.3. The number of amides is 5. The second-order valence-electron chi connectivity index (χ2n) is 19.0. The molecule has 3 saturated heterocycles. The van der Waals surface area contributed by atoms with Crippen LogP contribution in [0.3, 0.4) is 0 Å². The summed E-state index contributed by atoms with van der Waals surface area (Å²) in [4.78, 5) is 71.3. The molecule has 0 aliphatic carbocycles. The summed E-state index contributed by atoms with van der Waals surface area (Å²) in [6, 6.07) is 11.4. The van der Waals surface area contributed by atoms with E-state index in [4.69, 9.17) is 21.4 Å². The fourth-order valence-corrected chi connectivity index (χ4v) is 10.7. The number of pyridine rings is 1. The number of nitrogens with two attached hydrogens (primary N) is 2. The van der Waals surface area contributed by atoms with Crippen molar-refractivity contribution in [1.82, 2.24) is 44.2 Å². The van der Waals surface area contributed by atoms with Gasteiger partial charge < -0.3 is 34.6 Å². The van der Waals surface area contributed by atoms with E-state index < -0.39 is 30.2 Å². The molecule has 5 N–H and O–H groups in total. The Balaban J connectivity index is 0.000000249. The van der Waals surface area contributed by atoms with Gasteiger partial charge in [-0.2, -0.15) is 5.10 Å². The molecule has 0 bridgehead atoms. The summed E-state index contributed by atoms with van der Waals surface area (Å²) in [5.74, 6) is 5.19. The van der Waals surface area contributed by atoms with Crippen molar-refractivity contribution in [3.63, 3.8) is 0 Å². The number of carbonyl (C=O) groups is 5. The third kappa shape index (κ3) is 8.79. The number of hydrazine groups is 1. The highest BCUT2D eigenvalue weighted by molar-refractivity contribution is 6.23. The number of benzene rings is 2. The molecule has 9 heterocycles. The van der Waals surface area contributed by atoms with Crippen LogP contribution in [0.15, 0.2) is 73.0 Å². The Morgan fingerprint density at radius 1 is 0.971 bits per heavy atom. The molecule has 2 aromatic carbocycles. The standard InChI is InChI=1S/C37H46F2N10O2.C13H10N2O4/c1-23(50)45-10-5-33-32(22-45)37(43-49(33)27-6-12-51-13-7-27)47-9-3-4-24-15-30(31(36(38)39)16-34(24)47)29-17-35-42-8-11-46(35)18-25(29)14-26(40)19-48(41)28-20-44(2)21-28;16-10-6-5-9(11(17)14-10)15-12(18)7-3-1-2-4-8(7)13(15)19/h8,11,15-19,27-28,36H,3-7,9-10,12-14,20-22,40-41H2,1-2H3;1-4,9H,5-6H2,(H,14,16,17)/b26-19-;. The number of imidazole rings is 1. The molecule has 3 fully saturated rings. The highest BCUT2D eigenvalue weighted by atomic mass is 19.3. The summed E-state index contributed by atoms with van der Waals surface area (Å²) in [5, 5.41) is 9.03. The Kier molecular flexibility index (Phi) is 12.7. The van der Waals surface area contributed by atoms with Crippen LogP contribution in [0.5, 0.6) is 0 Å². The van der Waals surface area contributed by atoms with Crippen molar-refractivity contribution in [1.29, 1.82) is 0 Å². The maximum absolute atomic E-state index is 15.3. The molecule has 0 saturated carbocycles. The topological polar surface area (TPSA) is 210 Å². The van der Waals surface area contributed by atoms with Crippen molar-refractivity contribution in [2.45, 2.75) is 89.4 Å².